The number of hydrogen-bond acceptors (Lipinski definition) is 2. The van der Waals surface area contributed by atoms with E-state index < -0.39 is 0 Å². The van der Waals surface area contributed by atoms with E-state index >= 15 is 0 Å². The molecule has 0 aliphatic heterocycles. The molecule has 1 rings (SSSR count). The Balaban J connectivity index is 2.27. The maximum absolute atomic E-state index is 5.66. The molecule has 1 fully saturated rings. The van der Waals surface area contributed by atoms with E-state index in [1.54, 1.807) is 7.11 Å². The summed E-state index contributed by atoms with van der Waals surface area (Å²) in [5, 5.41) is 0. The minimum Gasteiger partial charge on any atom is -0.387 e. The van der Waals surface area contributed by atoms with Gasteiger partial charge < -0.3 is 10.5 Å². The minimum absolute atomic E-state index is 0.440. The second kappa shape index (κ2) is 4.61. The topological polar surface area (TPSA) is 47.6 Å². The molecule has 0 aromatic carbocycles. The molecule has 76 valence electrons. The maximum atomic E-state index is 5.66. The summed E-state index contributed by atoms with van der Waals surface area (Å²) in [6.45, 7) is 3.78. The minimum atomic E-state index is 0.440. The normalized spacial score (nSPS) is 20.3. The Morgan fingerprint density at radius 1 is 1.54 bits per heavy atom. The largest absolute Gasteiger partial charge is 0.387 e. The van der Waals surface area contributed by atoms with E-state index in [9.17, 15) is 0 Å². The van der Waals surface area contributed by atoms with E-state index in [1.807, 2.05) is 6.92 Å². The second-order valence-electron chi connectivity index (χ2n) is 3.90. The van der Waals surface area contributed by atoms with Crippen LogP contribution in [0, 0.1) is 5.41 Å². The van der Waals surface area contributed by atoms with Gasteiger partial charge in [-0.3, -0.25) is 4.99 Å². The summed E-state index contributed by atoms with van der Waals surface area (Å²) in [6, 6.07) is 0. The predicted molar refractivity (Wildman–Crippen MR) is 54.9 cm³/mol. The zero-order chi connectivity index (χ0) is 9.73. The SMILES string of the molecule is CCC(N)=NCC1(CCOC)CC1. The lowest BCUT2D eigenvalue weighted by atomic mass is 10.0. The van der Waals surface area contributed by atoms with Crippen molar-refractivity contribution in [3.63, 3.8) is 0 Å². The van der Waals surface area contributed by atoms with Gasteiger partial charge in [-0.2, -0.15) is 0 Å². The van der Waals surface area contributed by atoms with E-state index in [4.69, 9.17) is 10.5 Å². The molecule has 0 aromatic heterocycles. The molecule has 2 N–H and O–H groups in total. The molecule has 1 saturated carbocycles. The Hall–Kier alpha value is -0.570. The van der Waals surface area contributed by atoms with Crippen molar-refractivity contribution in [1.82, 2.24) is 0 Å². The molecule has 0 amide bonds. The van der Waals surface area contributed by atoms with Crippen molar-refractivity contribution >= 4 is 5.84 Å². The van der Waals surface area contributed by atoms with Crippen LogP contribution in [0.25, 0.3) is 0 Å². The number of hydrogen-bond donors (Lipinski definition) is 1. The molecule has 3 heteroatoms. The zero-order valence-corrected chi connectivity index (χ0v) is 8.68. The number of nitrogens with zero attached hydrogens (tertiary/aromatic N) is 1. The van der Waals surface area contributed by atoms with Crippen molar-refractivity contribution in [2.24, 2.45) is 16.1 Å². The van der Waals surface area contributed by atoms with E-state index in [0.717, 1.165) is 31.8 Å². The molecule has 13 heavy (non-hydrogen) atoms. The van der Waals surface area contributed by atoms with Crippen LogP contribution in [0.1, 0.15) is 32.6 Å². The van der Waals surface area contributed by atoms with Gasteiger partial charge in [0.1, 0.15) is 0 Å². The molecule has 0 bridgehead atoms. The third-order valence-corrected chi connectivity index (χ3v) is 2.77. The monoisotopic (exact) mass is 184 g/mol. The number of rotatable bonds is 6. The predicted octanol–water partition coefficient (Wildman–Crippen LogP) is 1.57. The first-order chi connectivity index (χ1) is 6.22. The molecule has 0 radical (unpaired) electrons. The average Bonchev–Trinajstić information content (AvgIpc) is 2.92. The third kappa shape index (κ3) is 3.35. The highest BCUT2D eigenvalue weighted by Crippen LogP contribution is 2.48. The summed E-state index contributed by atoms with van der Waals surface area (Å²) in [7, 11) is 1.75. The lowest BCUT2D eigenvalue weighted by molar-refractivity contribution is 0.174. The summed E-state index contributed by atoms with van der Waals surface area (Å²) in [4.78, 5) is 4.37. The summed E-state index contributed by atoms with van der Waals surface area (Å²) in [6.07, 6.45) is 4.57. The van der Waals surface area contributed by atoms with Gasteiger partial charge in [-0.05, 0) is 24.7 Å². The second-order valence-corrected chi connectivity index (χ2v) is 3.90. The molecular formula is C10H20N2O. The van der Waals surface area contributed by atoms with E-state index in [1.165, 1.54) is 12.8 Å². The Morgan fingerprint density at radius 3 is 2.69 bits per heavy atom. The molecule has 0 saturated heterocycles. The van der Waals surface area contributed by atoms with Crippen LogP contribution in [-0.2, 0) is 4.74 Å². The first-order valence-electron chi connectivity index (χ1n) is 5.00. The average molecular weight is 184 g/mol. The maximum Gasteiger partial charge on any atom is 0.0934 e. The van der Waals surface area contributed by atoms with Gasteiger partial charge in [0.25, 0.3) is 0 Å². The molecule has 3 nitrogen and oxygen atoms in total. The van der Waals surface area contributed by atoms with Crippen LogP contribution in [-0.4, -0.2) is 26.1 Å². The van der Waals surface area contributed by atoms with E-state index in [-0.39, 0.29) is 0 Å². The van der Waals surface area contributed by atoms with Crippen molar-refractivity contribution in [2.75, 3.05) is 20.3 Å². The number of methoxy groups -OCH3 is 1. The molecule has 0 unspecified atom stereocenters. The van der Waals surface area contributed by atoms with Crippen molar-refractivity contribution in [3.8, 4) is 0 Å². The summed E-state index contributed by atoms with van der Waals surface area (Å²) in [5.41, 5.74) is 6.10. The van der Waals surface area contributed by atoms with Gasteiger partial charge in [0.15, 0.2) is 0 Å². The van der Waals surface area contributed by atoms with Gasteiger partial charge in [-0.25, -0.2) is 0 Å². The molecule has 1 aliphatic carbocycles. The van der Waals surface area contributed by atoms with Crippen LogP contribution < -0.4 is 5.73 Å². The van der Waals surface area contributed by atoms with Crippen LogP contribution in [0.5, 0.6) is 0 Å². The van der Waals surface area contributed by atoms with Crippen molar-refractivity contribution < 1.29 is 4.74 Å². The Kier molecular flexibility index (Phi) is 3.72. The van der Waals surface area contributed by atoms with Crippen LogP contribution in [0.3, 0.4) is 0 Å². The van der Waals surface area contributed by atoms with Gasteiger partial charge in [0.05, 0.1) is 5.84 Å². The van der Waals surface area contributed by atoms with Crippen molar-refractivity contribution in [2.45, 2.75) is 32.6 Å². The highest BCUT2D eigenvalue weighted by Gasteiger charge is 2.41. The quantitative estimate of drug-likeness (QED) is 0.503. The first-order valence-corrected chi connectivity index (χ1v) is 5.00. The smallest absolute Gasteiger partial charge is 0.0934 e. The fourth-order valence-corrected chi connectivity index (χ4v) is 1.36. The Labute approximate surface area is 80.4 Å². The summed E-state index contributed by atoms with van der Waals surface area (Å²) in [5.74, 6) is 0.781. The first kappa shape index (κ1) is 10.5. The van der Waals surface area contributed by atoms with Gasteiger partial charge in [-0.15, -0.1) is 0 Å². The van der Waals surface area contributed by atoms with Crippen LogP contribution in [0.2, 0.25) is 0 Å². The Bertz CT molecular complexity index is 185. The van der Waals surface area contributed by atoms with E-state index in [2.05, 4.69) is 4.99 Å². The summed E-state index contributed by atoms with van der Waals surface area (Å²) >= 11 is 0. The molecule has 0 aromatic rings. The van der Waals surface area contributed by atoms with Crippen LogP contribution >= 0.6 is 0 Å². The fourth-order valence-electron chi connectivity index (χ4n) is 1.36. The number of ether oxygens (including phenoxy) is 1. The molecule has 0 atom stereocenters. The molecule has 1 aliphatic rings. The number of aliphatic imine (C=N–C) groups is 1. The zero-order valence-electron chi connectivity index (χ0n) is 8.68. The van der Waals surface area contributed by atoms with Crippen LogP contribution in [0.15, 0.2) is 4.99 Å². The number of amidine groups is 1. The highest BCUT2D eigenvalue weighted by molar-refractivity contribution is 5.79. The van der Waals surface area contributed by atoms with Gasteiger partial charge in [0, 0.05) is 26.7 Å². The Morgan fingerprint density at radius 2 is 2.23 bits per heavy atom. The van der Waals surface area contributed by atoms with E-state index in [0.29, 0.717) is 5.41 Å². The summed E-state index contributed by atoms with van der Waals surface area (Å²) < 4.78 is 5.07. The van der Waals surface area contributed by atoms with Gasteiger partial charge in [0.2, 0.25) is 0 Å². The van der Waals surface area contributed by atoms with Crippen molar-refractivity contribution in [1.29, 1.82) is 0 Å². The van der Waals surface area contributed by atoms with Crippen molar-refractivity contribution in [3.05, 3.63) is 0 Å². The standard InChI is InChI=1S/C10H20N2O/c1-3-9(11)12-8-10(4-5-10)6-7-13-2/h3-8H2,1-2H3,(H2,11,12). The molecular weight excluding hydrogens is 164 g/mol. The van der Waals surface area contributed by atoms with Crippen LogP contribution in [0.4, 0.5) is 0 Å². The number of nitrogens with two attached hydrogens (primary N) is 1. The fraction of sp³-hybridized carbons (Fsp3) is 0.900. The third-order valence-electron chi connectivity index (χ3n) is 2.77. The lowest BCUT2D eigenvalue weighted by Crippen LogP contribution is -2.15. The highest BCUT2D eigenvalue weighted by atomic mass is 16.5. The lowest BCUT2D eigenvalue weighted by Gasteiger charge is -2.11. The molecule has 0 spiro atoms. The van der Waals surface area contributed by atoms with Gasteiger partial charge >= 0.3 is 0 Å². The molecule has 0 heterocycles. The van der Waals surface area contributed by atoms with Gasteiger partial charge in [-0.1, -0.05) is 6.92 Å².